The minimum absolute atomic E-state index is 0.149. The maximum absolute atomic E-state index is 13.5. The molecule has 0 amide bonds. The number of nitriles is 1. The van der Waals surface area contributed by atoms with Gasteiger partial charge in [0.25, 0.3) is 0 Å². The molecule has 0 N–H and O–H groups in total. The van der Waals surface area contributed by atoms with Crippen molar-refractivity contribution in [3.63, 3.8) is 0 Å². The quantitative estimate of drug-likeness (QED) is 0.822. The highest BCUT2D eigenvalue weighted by molar-refractivity contribution is 7.89. The van der Waals surface area contributed by atoms with Crippen LogP contribution in [0.15, 0.2) is 23.1 Å². The summed E-state index contributed by atoms with van der Waals surface area (Å²) in [6.07, 6.45) is 0.945. The smallest absolute Gasteiger partial charge is 0.207 e. The molecule has 0 radical (unpaired) electrons. The molecule has 1 aliphatic heterocycles. The average Bonchev–Trinajstić information content (AvgIpc) is 2.81. The van der Waals surface area contributed by atoms with E-state index in [-0.39, 0.29) is 6.54 Å². The first-order valence-electron chi connectivity index (χ1n) is 5.33. The van der Waals surface area contributed by atoms with Gasteiger partial charge in [-0.25, -0.2) is 17.2 Å². The van der Waals surface area contributed by atoms with Crippen molar-refractivity contribution < 1.29 is 17.2 Å². The second kappa shape index (κ2) is 4.63. The van der Waals surface area contributed by atoms with Gasteiger partial charge in [0.1, 0.15) is 22.6 Å². The molecule has 1 heterocycles. The van der Waals surface area contributed by atoms with Gasteiger partial charge in [-0.3, -0.25) is 0 Å². The minimum atomic E-state index is -4.16. The van der Waals surface area contributed by atoms with Gasteiger partial charge < -0.3 is 0 Å². The molecule has 0 spiro atoms. The first-order valence-corrected chi connectivity index (χ1v) is 6.77. The summed E-state index contributed by atoms with van der Waals surface area (Å²) in [5.41, 5.74) is 0. The predicted octanol–water partition coefficient (Wildman–Crippen LogP) is 1.64. The lowest BCUT2D eigenvalue weighted by molar-refractivity contribution is 0.431. The Labute approximate surface area is 103 Å². The van der Waals surface area contributed by atoms with E-state index in [2.05, 4.69) is 0 Å². The normalized spacial score (nSPS) is 20.8. The Balaban J connectivity index is 2.49. The summed E-state index contributed by atoms with van der Waals surface area (Å²) in [6, 6.07) is 3.29. The van der Waals surface area contributed by atoms with E-state index in [0.717, 1.165) is 16.4 Å². The summed E-state index contributed by atoms with van der Waals surface area (Å²) >= 11 is 0. The van der Waals surface area contributed by atoms with Gasteiger partial charge in [-0.15, -0.1) is 0 Å². The maximum atomic E-state index is 13.5. The Hall–Kier alpha value is -1.52. The maximum Gasteiger partial charge on any atom is 0.247 e. The second-order valence-corrected chi connectivity index (χ2v) is 5.84. The summed E-state index contributed by atoms with van der Waals surface area (Å²) in [7, 11) is -4.16. The summed E-state index contributed by atoms with van der Waals surface area (Å²) in [5.74, 6) is -1.84. The van der Waals surface area contributed by atoms with E-state index in [1.54, 1.807) is 0 Å². The zero-order valence-corrected chi connectivity index (χ0v) is 10.1. The lowest BCUT2D eigenvalue weighted by atomic mass is 10.2. The fourth-order valence-electron chi connectivity index (χ4n) is 1.96. The largest absolute Gasteiger partial charge is 0.247 e. The molecule has 2 rings (SSSR count). The topological polar surface area (TPSA) is 61.2 Å². The first kappa shape index (κ1) is 12.9. The number of hydrogen-bond acceptors (Lipinski definition) is 3. The molecule has 96 valence electrons. The number of nitrogens with zero attached hydrogens (tertiary/aromatic N) is 2. The van der Waals surface area contributed by atoms with Gasteiger partial charge in [-0.05, 0) is 31.0 Å². The van der Waals surface area contributed by atoms with E-state index in [1.807, 2.05) is 6.07 Å². The number of halogens is 2. The summed E-state index contributed by atoms with van der Waals surface area (Å²) < 4.78 is 51.7. The van der Waals surface area contributed by atoms with Crippen molar-refractivity contribution in [3.05, 3.63) is 29.8 Å². The third kappa shape index (κ3) is 2.09. The molecule has 0 saturated carbocycles. The van der Waals surface area contributed by atoms with Crippen molar-refractivity contribution >= 4 is 10.0 Å². The van der Waals surface area contributed by atoms with Crippen LogP contribution in [0.1, 0.15) is 12.8 Å². The molecule has 4 nitrogen and oxygen atoms in total. The second-order valence-electron chi connectivity index (χ2n) is 3.98. The molecule has 1 unspecified atom stereocenters. The Morgan fingerprint density at radius 2 is 2.11 bits per heavy atom. The Bertz CT molecular complexity index is 610. The highest BCUT2D eigenvalue weighted by Gasteiger charge is 2.36. The van der Waals surface area contributed by atoms with E-state index in [4.69, 9.17) is 5.26 Å². The van der Waals surface area contributed by atoms with E-state index in [9.17, 15) is 17.2 Å². The monoisotopic (exact) mass is 272 g/mol. The van der Waals surface area contributed by atoms with Crippen LogP contribution in [0.4, 0.5) is 8.78 Å². The average molecular weight is 272 g/mol. The highest BCUT2D eigenvalue weighted by atomic mass is 32.2. The molecule has 0 aliphatic carbocycles. The van der Waals surface area contributed by atoms with Gasteiger partial charge >= 0.3 is 0 Å². The fraction of sp³-hybridized carbons (Fsp3) is 0.364. The van der Waals surface area contributed by atoms with Gasteiger partial charge in [0.15, 0.2) is 0 Å². The zero-order chi connectivity index (χ0) is 13.3. The van der Waals surface area contributed by atoms with Crippen LogP contribution < -0.4 is 0 Å². The van der Waals surface area contributed by atoms with Crippen molar-refractivity contribution in [1.29, 1.82) is 5.26 Å². The lowest BCUT2D eigenvalue weighted by Gasteiger charge is -2.19. The van der Waals surface area contributed by atoms with Crippen molar-refractivity contribution in [2.45, 2.75) is 23.8 Å². The van der Waals surface area contributed by atoms with Gasteiger partial charge in [0, 0.05) is 6.54 Å². The van der Waals surface area contributed by atoms with E-state index >= 15 is 0 Å². The Kier molecular flexibility index (Phi) is 3.32. The summed E-state index contributed by atoms with van der Waals surface area (Å²) in [5, 5.41) is 8.85. The molecular formula is C11H10F2N2O2S. The predicted molar refractivity (Wildman–Crippen MR) is 58.9 cm³/mol. The molecule has 7 heteroatoms. The number of benzene rings is 1. The number of hydrogen-bond donors (Lipinski definition) is 0. The van der Waals surface area contributed by atoms with E-state index < -0.39 is 32.6 Å². The van der Waals surface area contributed by atoms with Gasteiger partial charge in [-0.2, -0.15) is 9.57 Å². The van der Waals surface area contributed by atoms with E-state index in [1.165, 1.54) is 0 Å². The molecule has 1 saturated heterocycles. The minimum Gasteiger partial charge on any atom is -0.207 e. The van der Waals surface area contributed by atoms with Crippen molar-refractivity contribution in [2.75, 3.05) is 6.54 Å². The number of sulfonamides is 1. The van der Waals surface area contributed by atoms with Crippen molar-refractivity contribution in [3.8, 4) is 6.07 Å². The number of rotatable bonds is 2. The molecule has 1 aromatic carbocycles. The van der Waals surface area contributed by atoms with E-state index in [0.29, 0.717) is 18.9 Å². The first-order chi connectivity index (χ1) is 8.46. The molecule has 1 fully saturated rings. The summed E-state index contributed by atoms with van der Waals surface area (Å²) in [4.78, 5) is -0.718. The van der Waals surface area contributed by atoms with Crippen LogP contribution in [0.2, 0.25) is 0 Å². The van der Waals surface area contributed by atoms with Gasteiger partial charge in [0.2, 0.25) is 10.0 Å². The molecule has 1 aliphatic rings. The third-order valence-corrected chi connectivity index (χ3v) is 4.76. The lowest BCUT2D eigenvalue weighted by Crippen LogP contribution is -2.35. The summed E-state index contributed by atoms with van der Waals surface area (Å²) in [6.45, 7) is 0.149. The van der Waals surface area contributed by atoms with Crippen LogP contribution >= 0.6 is 0 Å². The van der Waals surface area contributed by atoms with Crippen LogP contribution in [-0.4, -0.2) is 25.3 Å². The Morgan fingerprint density at radius 3 is 2.78 bits per heavy atom. The van der Waals surface area contributed by atoms with Crippen LogP contribution in [0.5, 0.6) is 0 Å². The third-order valence-electron chi connectivity index (χ3n) is 2.83. The van der Waals surface area contributed by atoms with Crippen LogP contribution in [0.25, 0.3) is 0 Å². The fourth-order valence-corrected chi connectivity index (χ4v) is 3.64. The van der Waals surface area contributed by atoms with Crippen LogP contribution in [0, 0.1) is 23.0 Å². The Morgan fingerprint density at radius 1 is 1.39 bits per heavy atom. The highest BCUT2D eigenvalue weighted by Crippen LogP contribution is 2.27. The van der Waals surface area contributed by atoms with Crippen LogP contribution in [-0.2, 0) is 10.0 Å². The SMILES string of the molecule is N#CC1CCCN1S(=O)(=O)c1cc(F)ccc1F. The standard InChI is InChI=1S/C11H10F2N2O2S/c12-8-3-4-10(13)11(6-8)18(16,17)15-5-1-2-9(15)7-14/h3-4,6,9H,1-2,5H2. The molecule has 1 aromatic rings. The molecule has 0 aromatic heterocycles. The van der Waals surface area contributed by atoms with Crippen molar-refractivity contribution in [2.24, 2.45) is 0 Å². The molecule has 18 heavy (non-hydrogen) atoms. The zero-order valence-electron chi connectivity index (χ0n) is 9.31. The van der Waals surface area contributed by atoms with Crippen molar-refractivity contribution in [1.82, 2.24) is 4.31 Å². The molecule has 0 bridgehead atoms. The van der Waals surface area contributed by atoms with Gasteiger partial charge in [0.05, 0.1) is 6.07 Å². The van der Waals surface area contributed by atoms with Gasteiger partial charge in [-0.1, -0.05) is 0 Å². The molecule has 1 atom stereocenters. The van der Waals surface area contributed by atoms with Crippen LogP contribution in [0.3, 0.4) is 0 Å². The molecular weight excluding hydrogens is 262 g/mol.